The molecule has 2 amide bonds. The molecule has 0 spiro atoms. The summed E-state index contributed by atoms with van der Waals surface area (Å²) in [5, 5.41) is 6.01. The van der Waals surface area contributed by atoms with Crippen molar-refractivity contribution in [3.63, 3.8) is 0 Å². The van der Waals surface area contributed by atoms with Gasteiger partial charge in [0.1, 0.15) is 35.5 Å². The molecule has 3 heterocycles. The summed E-state index contributed by atoms with van der Waals surface area (Å²) in [4.78, 5) is 77.4. The van der Waals surface area contributed by atoms with E-state index in [1.165, 1.54) is 0 Å². The highest BCUT2D eigenvalue weighted by atomic mass is 16.6. The summed E-state index contributed by atoms with van der Waals surface area (Å²) < 4.78 is 21.7. The van der Waals surface area contributed by atoms with Crippen molar-refractivity contribution in [2.75, 3.05) is 31.7 Å². The summed E-state index contributed by atoms with van der Waals surface area (Å²) in [5.41, 5.74) is 1.26. The molecule has 1 fully saturated rings. The molecule has 13 nitrogen and oxygen atoms in total. The van der Waals surface area contributed by atoms with Gasteiger partial charge in [-0.1, -0.05) is 95.3 Å². The van der Waals surface area contributed by atoms with Crippen LogP contribution in [0.1, 0.15) is 115 Å². The van der Waals surface area contributed by atoms with Crippen molar-refractivity contribution < 1.29 is 42.9 Å². The molecule has 2 aliphatic heterocycles. The summed E-state index contributed by atoms with van der Waals surface area (Å²) in [6, 6.07) is 18.4. The van der Waals surface area contributed by atoms with Crippen molar-refractivity contribution in [3.05, 3.63) is 88.8 Å². The maximum absolute atomic E-state index is 14.4. The average Bonchev–Trinajstić information content (AvgIpc) is 3.94. The fourth-order valence-corrected chi connectivity index (χ4v) is 7.66. The lowest BCUT2D eigenvalue weighted by atomic mass is 9.77. The third kappa shape index (κ3) is 9.95. The lowest BCUT2D eigenvalue weighted by molar-refractivity contribution is -0.145. The van der Waals surface area contributed by atoms with Crippen LogP contribution in [0.3, 0.4) is 0 Å². The zero-order valence-corrected chi connectivity index (χ0v) is 35.8. The summed E-state index contributed by atoms with van der Waals surface area (Å²) in [6.07, 6.45) is 4.41. The van der Waals surface area contributed by atoms with Crippen molar-refractivity contribution in [2.24, 2.45) is 15.8 Å². The smallest absolute Gasteiger partial charge is 0.342 e. The Hall–Kier alpha value is -5.82. The molecule has 0 bridgehead atoms. The van der Waals surface area contributed by atoms with E-state index in [-0.39, 0.29) is 73.2 Å². The molecule has 13 heteroatoms. The number of hydrogen-bond donors (Lipinski definition) is 3. The number of aromatic nitrogens is 1. The Morgan fingerprint density at radius 1 is 0.750 bits per heavy atom. The van der Waals surface area contributed by atoms with E-state index in [1.54, 1.807) is 19.9 Å². The van der Waals surface area contributed by atoms with Crippen molar-refractivity contribution in [1.82, 2.24) is 10.3 Å². The van der Waals surface area contributed by atoms with E-state index in [2.05, 4.69) is 15.6 Å². The van der Waals surface area contributed by atoms with Gasteiger partial charge in [-0.05, 0) is 69.6 Å². The lowest BCUT2D eigenvalue weighted by Crippen LogP contribution is -2.44. The van der Waals surface area contributed by atoms with Crippen molar-refractivity contribution in [3.8, 4) is 11.1 Å². The fraction of sp³-hybridized carbons (Fsp3) is 0.447. The zero-order valence-electron chi connectivity index (χ0n) is 35.8. The van der Waals surface area contributed by atoms with E-state index in [9.17, 15) is 24.0 Å². The monoisotopic (exact) mass is 822 g/mol. The SMILES string of the molecule is CCOC(=O)C1=C(c2ccccc2)/C(=C/c2[nH]c(NC(=O)C(CC)(CC)CC)c(C(=O)OCC)c2-c2ccccc2)N=C1NC(=O)C(CC)(CC)CCC(=O)OCC1CO1. The standard InChI is InChI=1S/C47H58N4O9/c1-8-46(9-2,10-3)44(55)50-40-38(42(53)57-13-6)36(30-21-17-15-18-22-30)33(48-40)27-34-37(31-23-19-16-20-24-31)39(43(54)58-14-7)41(49-34)51-45(56)47(11-4,12-5)26-25-35(52)60-29-32-28-59-32/h15-24,27,32,48H,8-14,25-26,28-29H2,1-7H3,(H,50,55)(H,49,51,56)/b34-27-. The van der Waals surface area contributed by atoms with Crippen LogP contribution in [0.4, 0.5) is 5.82 Å². The maximum atomic E-state index is 14.4. The zero-order chi connectivity index (χ0) is 43.5. The minimum Gasteiger partial charge on any atom is -0.463 e. The van der Waals surface area contributed by atoms with Crippen molar-refractivity contribution in [1.29, 1.82) is 0 Å². The van der Waals surface area contributed by atoms with E-state index >= 15 is 0 Å². The topological polar surface area (TPSA) is 178 Å². The van der Waals surface area contributed by atoms with Gasteiger partial charge < -0.3 is 34.6 Å². The molecular formula is C47H58N4O9. The van der Waals surface area contributed by atoms with E-state index in [0.29, 0.717) is 66.7 Å². The van der Waals surface area contributed by atoms with Gasteiger partial charge in [0.05, 0.1) is 31.2 Å². The number of aromatic amines is 1. The number of allylic oxidation sites excluding steroid dienone is 1. The number of epoxide rings is 1. The van der Waals surface area contributed by atoms with Gasteiger partial charge in [0, 0.05) is 28.4 Å². The maximum Gasteiger partial charge on any atom is 0.342 e. The van der Waals surface area contributed by atoms with Crippen LogP contribution in [0.2, 0.25) is 0 Å². The molecular weight excluding hydrogens is 765 g/mol. The molecule has 1 unspecified atom stereocenters. The first kappa shape index (κ1) is 45.3. The predicted octanol–water partition coefficient (Wildman–Crippen LogP) is 8.43. The third-order valence-electron chi connectivity index (χ3n) is 11.8. The number of amides is 2. The Morgan fingerprint density at radius 3 is 1.85 bits per heavy atom. The number of rotatable bonds is 20. The number of amidine groups is 1. The Morgan fingerprint density at radius 2 is 1.30 bits per heavy atom. The number of aliphatic imine (C=N–C) groups is 1. The number of hydrogen-bond acceptors (Lipinski definition) is 10. The molecule has 3 aromatic rings. The first-order chi connectivity index (χ1) is 28.9. The number of anilines is 1. The van der Waals surface area contributed by atoms with Crippen LogP contribution >= 0.6 is 0 Å². The number of ether oxygens (including phenoxy) is 4. The molecule has 1 saturated heterocycles. The molecule has 1 atom stereocenters. The number of carbonyl (C=O) groups is 5. The molecule has 2 aromatic carbocycles. The highest BCUT2D eigenvalue weighted by Gasteiger charge is 2.40. The average molecular weight is 823 g/mol. The Bertz CT molecular complexity index is 2110. The highest BCUT2D eigenvalue weighted by molar-refractivity contribution is 6.31. The second kappa shape index (κ2) is 20.4. The number of benzene rings is 2. The normalized spacial score (nSPS) is 15.7. The van der Waals surface area contributed by atoms with Crippen LogP contribution < -0.4 is 10.6 Å². The number of carbonyl (C=O) groups excluding carboxylic acids is 5. The second-order valence-electron chi connectivity index (χ2n) is 15.0. The quantitative estimate of drug-likeness (QED) is 0.0573. The van der Waals surface area contributed by atoms with Crippen molar-refractivity contribution >= 4 is 53.0 Å². The number of nitrogens with one attached hydrogen (secondary N) is 3. The Kier molecular flexibility index (Phi) is 15.4. The fourth-order valence-electron chi connectivity index (χ4n) is 7.66. The molecule has 0 radical (unpaired) electrons. The van der Waals surface area contributed by atoms with Crippen LogP contribution in [0.15, 0.2) is 76.9 Å². The van der Waals surface area contributed by atoms with Crippen LogP contribution in [0.25, 0.3) is 22.8 Å². The van der Waals surface area contributed by atoms with E-state index in [0.717, 1.165) is 0 Å². The van der Waals surface area contributed by atoms with Crippen LogP contribution in [0.5, 0.6) is 0 Å². The summed E-state index contributed by atoms with van der Waals surface area (Å²) >= 11 is 0. The molecule has 1 aromatic heterocycles. The Balaban J connectivity index is 1.70. The highest BCUT2D eigenvalue weighted by Crippen LogP contribution is 2.42. The summed E-state index contributed by atoms with van der Waals surface area (Å²) in [5.74, 6) is -2.27. The van der Waals surface area contributed by atoms with Crippen LogP contribution in [0, 0.1) is 10.8 Å². The Labute approximate surface area is 352 Å². The number of H-pyrrole nitrogens is 1. The lowest BCUT2D eigenvalue weighted by Gasteiger charge is -2.30. The second-order valence-corrected chi connectivity index (χ2v) is 15.0. The van der Waals surface area contributed by atoms with Crippen LogP contribution in [-0.2, 0) is 38.1 Å². The molecule has 0 saturated carbocycles. The molecule has 320 valence electrons. The predicted molar refractivity (Wildman–Crippen MR) is 231 cm³/mol. The first-order valence-electron chi connectivity index (χ1n) is 21.1. The van der Waals surface area contributed by atoms with Gasteiger partial charge in [0.2, 0.25) is 11.8 Å². The van der Waals surface area contributed by atoms with Gasteiger partial charge in [-0.15, -0.1) is 0 Å². The number of nitrogens with zero attached hydrogens (tertiary/aromatic N) is 1. The molecule has 5 rings (SSSR count). The minimum atomic E-state index is -0.997. The van der Waals surface area contributed by atoms with Crippen LogP contribution in [-0.4, -0.2) is 73.1 Å². The molecule has 3 N–H and O–H groups in total. The molecule has 2 aliphatic rings. The van der Waals surface area contributed by atoms with E-state index in [4.69, 9.17) is 23.9 Å². The van der Waals surface area contributed by atoms with Gasteiger partial charge in [-0.25, -0.2) is 14.6 Å². The van der Waals surface area contributed by atoms with Gasteiger partial charge in [0.25, 0.3) is 0 Å². The molecule has 0 aliphatic carbocycles. The van der Waals surface area contributed by atoms with Gasteiger partial charge in [0.15, 0.2) is 0 Å². The summed E-state index contributed by atoms with van der Waals surface area (Å²) in [6.45, 7) is 14.0. The minimum absolute atomic E-state index is 0.0158. The third-order valence-corrected chi connectivity index (χ3v) is 11.8. The molecule has 60 heavy (non-hydrogen) atoms. The largest absolute Gasteiger partial charge is 0.463 e. The number of esters is 3. The van der Waals surface area contributed by atoms with Gasteiger partial charge >= 0.3 is 17.9 Å². The van der Waals surface area contributed by atoms with Crippen molar-refractivity contribution in [2.45, 2.75) is 99.5 Å². The van der Waals surface area contributed by atoms with Gasteiger partial charge in [-0.3, -0.25) is 14.4 Å². The van der Waals surface area contributed by atoms with E-state index < -0.39 is 34.6 Å². The van der Waals surface area contributed by atoms with E-state index in [1.807, 2.05) is 95.3 Å². The van der Waals surface area contributed by atoms with Gasteiger partial charge in [-0.2, -0.15) is 0 Å². The first-order valence-corrected chi connectivity index (χ1v) is 21.1. The summed E-state index contributed by atoms with van der Waals surface area (Å²) in [7, 11) is 0.